The third-order valence-corrected chi connectivity index (χ3v) is 4.01. The first-order chi connectivity index (χ1) is 9.61. The summed E-state index contributed by atoms with van der Waals surface area (Å²) in [4.78, 5) is 14.2. The molecule has 0 spiro atoms. The molecule has 1 amide bonds. The molecular formula is C15H21ClN2O2. The number of anilines is 1. The van der Waals surface area contributed by atoms with Gasteiger partial charge in [0.25, 0.3) is 0 Å². The van der Waals surface area contributed by atoms with Gasteiger partial charge in [-0.3, -0.25) is 4.79 Å². The van der Waals surface area contributed by atoms with Gasteiger partial charge in [-0.15, -0.1) is 0 Å². The van der Waals surface area contributed by atoms with Gasteiger partial charge >= 0.3 is 0 Å². The summed E-state index contributed by atoms with van der Waals surface area (Å²) in [6.45, 7) is 3.28. The van der Waals surface area contributed by atoms with E-state index in [0.29, 0.717) is 23.4 Å². The molecule has 1 N–H and O–H groups in total. The van der Waals surface area contributed by atoms with Crippen molar-refractivity contribution in [2.24, 2.45) is 0 Å². The van der Waals surface area contributed by atoms with E-state index < -0.39 is 0 Å². The summed E-state index contributed by atoms with van der Waals surface area (Å²) in [5, 5.41) is 3.66. The Morgan fingerprint density at radius 3 is 2.95 bits per heavy atom. The van der Waals surface area contributed by atoms with Gasteiger partial charge in [-0.1, -0.05) is 11.6 Å². The van der Waals surface area contributed by atoms with Crippen LogP contribution < -0.4 is 10.1 Å². The molecule has 20 heavy (non-hydrogen) atoms. The number of carbonyl (C=O) groups excluding carboxylic acids is 1. The van der Waals surface area contributed by atoms with Crippen LogP contribution in [0.2, 0.25) is 5.02 Å². The molecule has 0 bridgehead atoms. The van der Waals surface area contributed by atoms with Crippen LogP contribution in [0, 0.1) is 0 Å². The highest BCUT2D eigenvalue weighted by molar-refractivity contribution is 6.32. The minimum absolute atomic E-state index is 0.143. The van der Waals surface area contributed by atoms with Crippen molar-refractivity contribution < 1.29 is 9.53 Å². The van der Waals surface area contributed by atoms with Crippen molar-refractivity contribution in [2.45, 2.75) is 32.2 Å². The van der Waals surface area contributed by atoms with E-state index in [2.05, 4.69) is 12.2 Å². The normalized spacial score (nSPS) is 18.8. The number of ether oxygens (including phenoxy) is 1. The van der Waals surface area contributed by atoms with Crippen LogP contribution in [-0.2, 0) is 4.79 Å². The third kappa shape index (κ3) is 3.57. The van der Waals surface area contributed by atoms with Gasteiger partial charge in [0.2, 0.25) is 5.91 Å². The number of nitrogens with one attached hydrogen (secondary N) is 1. The maximum Gasteiger partial charge on any atom is 0.242 e. The maximum absolute atomic E-state index is 12.2. The Kier molecular flexibility index (Phi) is 5.12. The van der Waals surface area contributed by atoms with E-state index in [1.165, 1.54) is 6.42 Å². The zero-order chi connectivity index (χ0) is 14.5. The number of rotatable bonds is 4. The van der Waals surface area contributed by atoms with Crippen LogP contribution in [0.3, 0.4) is 0 Å². The van der Waals surface area contributed by atoms with Crippen molar-refractivity contribution >= 4 is 23.2 Å². The molecule has 1 saturated heterocycles. The summed E-state index contributed by atoms with van der Waals surface area (Å²) < 4.78 is 5.10. The lowest BCUT2D eigenvalue weighted by Crippen LogP contribution is -2.44. The predicted molar refractivity (Wildman–Crippen MR) is 81.5 cm³/mol. The monoisotopic (exact) mass is 296 g/mol. The summed E-state index contributed by atoms with van der Waals surface area (Å²) in [7, 11) is 1.58. The number of carbonyl (C=O) groups is 1. The Bertz CT molecular complexity index is 479. The highest BCUT2D eigenvalue weighted by atomic mass is 35.5. The van der Waals surface area contributed by atoms with E-state index in [1.807, 2.05) is 11.0 Å². The molecule has 1 atom stereocenters. The molecule has 1 aromatic rings. The summed E-state index contributed by atoms with van der Waals surface area (Å²) in [5.41, 5.74) is 0.828. The molecule has 110 valence electrons. The molecule has 1 heterocycles. The molecule has 4 nitrogen and oxygen atoms in total. The fourth-order valence-corrected chi connectivity index (χ4v) is 2.78. The minimum Gasteiger partial charge on any atom is -0.495 e. The van der Waals surface area contributed by atoms with Gasteiger partial charge in [-0.05, 0) is 44.4 Å². The molecule has 0 aliphatic carbocycles. The molecule has 1 aliphatic heterocycles. The van der Waals surface area contributed by atoms with Gasteiger partial charge in [0.1, 0.15) is 5.75 Å². The van der Waals surface area contributed by atoms with Crippen molar-refractivity contribution in [2.75, 3.05) is 25.5 Å². The number of likely N-dealkylation sites (tertiary alicyclic amines) is 1. The Morgan fingerprint density at radius 1 is 1.50 bits per heavy atom. The first-order valence-electron chi connectivity index (χ1n) is 6.98. The standard InChI is InChI=1S/C15H21ClN2O2/c1-11-5-3-4-8-18(11)15(19)10-17-12-6-7-14(20-2)13(16)9-12/h6-7,9,11,17H,3-5,8,10H2,1-2H3. The Balaban J connectivity index is 1.91. The SMILES string of the molecule is COc1ccc(NCC(=O)N2CCCCC2C)cc1Cl. The Hall–Kier alpha value is -1.42. The molecule has 1 aliphatic rings. The van der Waals surface area contributed by atoms with E-state index in [9.17, 15) is 4.79 Å². The number of nitrogens with zero attached hydrogens (tertiary/aromatic N) is 1. The molecule has 1 unspecified atom stereocenters. The smallest absolute Gasteiger partial charge is 0.242 e. The quantitative estimate of drug-likeness (QED) is 0.928. The highest BCUT2D eigenvalue weighted by Crippen LogP contribution is 2.27. The van der Waals surface area contributed by atoms with Crippen LogP contribution in [0.1, 0.15) is 26.2 Å². The summed E-state index contributed by atoms with van der Waals surface area (Å²) in [6.07, 6.45) is 3.41. The fraction of sp³-hybridized carbons (Fsp3) is 0.533. The van der Waals surface area contributed by atoms with E-state index in [1.54, 1.807) is 19.2 Å². The maximum atomic E-state index is 12.2. The van der Waals surface area contributed by atoms with E-state index in [4.69, 9.17) is 16.3 Å². The van der Waals surface area contributed by atoms with Gasteiger partial charge in [0.15, 0.2) is 0 Å². The first kappa shape index (κ1) is 15.0. The summed E-state index contributed by atoms with van der Waals surface area (Å²) in [5.74, 6) is 0.775. The number of benzene rings is 1. The number of halogens is 1. The number of piperidine rings is 1. The Morgan fingerprint density at radius 2 is 2.30 bits per heavy atom. The fourth-order valence-electron chi connectivity index (χ4n) is 2.52. The zero-order valence-corrected chi connectivity index (χ0v) is 12.7. The lowest BCUT2D eigenvalue weighted by atomic mass is 10.0. The largest absolute Gasteiger partial charge is 0.495 e. The molecule has 2 rings (SSSR count). The number of methoxy groups -OCH3 is 1. The van der Waals surface area contributed by atoms with Crippen LogP contribution in [-0.4, -0.2) is 37.0 Å². The van der Waals surface area contributed by atoms with Crippen LogP contribution in [0.15, 0.2) is 18.2 Å². The molecular weight excluding hydrogens is 276 g/mol. The van der Waals surface area contributed by atoms with Crippen molar-refractivity contribution in [3.63, 3.8) is 0 Å². The van der Waals surface area contributed by atoms with Crippen molar-refractivity contribution in [1.29, 1.82) is 0 Å². The number of amides is 1. The number of hydrogen-bond acceptors (Lipinski definition) is 3. The predicted octanol–water partition coefficient (Wildman–Crippen LogP) is 3.16. The van der Waals surface area contributed by atoms with Gasteiger partial charge in [-0.25, -0.2) is 0 Å². The second-order valence-corrected chi connectivity index (χ2v) is 5.54. The van der Waals surface area contributed by atoms with Crippen LogP contribution in [0.5, 0.6) is 5.75 Å². The van der Waals surface area contributed by atoms with Gasteiger partial charge < -0.3 is 15.0 Å². The average molecular weight is 297 g/mol. The summed E-state index contributed by atoms with van der Waals surface area (Å²) in [6, 6.07) is 5.77. The van der Waals surface area contributed by atoms with Crippen molar-refractivity contribution in [3.8, 4) is 5.75 Å². The molecule has 0 saturated carbocycles. The molecule has 5 heteroatoms. The second-order valence-electron chi connectivity index (χ2n) is 5.13. The van der Waals surface area contributed by atoms with E-state index in [0.717, 1.165) is 25.1 Å². The minimum atomic E-state index is 0.143. The van der Waals surface area contributed by atoms with Crippen LogP contribution in [0.25, 0.3) is 0 Å². The average Bonchev–Trinajstić information content (AvgIpc) is 2.45. The zero-order valence-electron chi connectivity index (χ0n) is 12.0. The number of hydrogen-bond donors (Lipinski definition) is 1. The van der Waals surface area contributed by atoms with Gasteiger partial charge in [0, 0.05) is 18.3 Å². The van der Waals surface area contributed by atoms with Crippen LogP contribution in [0.4, 0.5) is 5.69 Å². The van der Waals surface area contributed by atoms with Crippen molar-refractivity contribution in [3.05, 3.63) is 23.2 Å². The molecule has 1 aromatic carbocycles. The second kappa shape index (κ2) is 6.84. The summed E-state index contributed by atoms with van der Waals surface area (Å²) >= 11 is 6.06. The van der Waals surface area contributed by atoms with Crippen molar-refractivity contribution in [1.82, 2.24) is 4.90 Å². The van der Waals surface area contributed by atoms with E-state index in [-0.39, 0.29) is 5.91 Å². The highest BCUT2D eigenvalue weighted by Gasteiger charge is 2.22. The molecule has 0 radical (unpaired) electrons. The first-order valence-corrected chi connectivity index (χ1v) is 7.36. The molecule has 0 aromatic heterocycles. The van der Waals surface area contributed by atoms with Crippen LogP contribution >= 0.6 is 11.6 Å². The van der Waals surface area contributed by atoms with Gasteiger partial charge in [-0.2, -0.15) is 0 Å². The Labute approximate surface area is 125 Å². The topological polar surface area (TPSA) is 41.6 Å². The van der Waals surface area contributed by atoms with Gasteiger partial charge in [0.05, 0.1) is 18.7 Å². The van der Waals surface area contributed by atoms with E-state index >= 15 is 0 Å². The lowest BCUT2D eigenvalue weighted by Gasteiger charge is -2.33. The molecule has 1 fully saturated rings. The third-order valence-electron chi connectivity index (χ3n) is 3.72. The lowest BCUT2D eigenvalue weighted by molar-refractivity contribution is -0.132.